The maximum atomic E-state index is 12.1. The van der Waals surface area contributed by atoms with Crippen LogP contribution >= 0.6 is 11.8 Å². The molecule has 6 heteroatoms. The largest absolute Gasteiger partial charge is 0.361 e. The summed E-state index contributed by atoms with van der Waals surface area (Å²) in [4.78, 5) is 28.3. The van der Waals surface area contributed by atoms with Crippen LogP contribution in [0.5, 0.6) is 0 Å². The van der Waals surface area contributed by atoms with Crippen LogP contribution in [0.25, 0.3) is 0 Å². The van der Waals surface area contributed by atoms with Crippen molar-refractivity contribution in [3.8, 4) is 0 Å². The van der Waals surface area contributed by atoms with Crippen LogP contribution in [0.3, 0.4) is 0 Å². The van der Waals surface area contributed by atoms with E-state index in [0.29, 0.717) is 29.6 Å². The molecule has 3 aliphatic rings. The first-order chi connectivity index (χ1) is 12.2. The first-order valence-corrected chi connectivity index (χ1v) is 9.60. The maximum absolute atomic E-state index is 12.1. The minimum absolute atomic E-state index is 0.117. The van der Waals surface area contributed by atoms with Crippen molar-refractivity contribution in [3.63, 3.8) is 0 Å². The minimum atomic E-state index is -0.410. The number of carbonyl (C=O) groups is 2. The first kappa shape index (κ1) is 16.4. The third kappa shape index (κ3) is 3.79. The number of aliphatic imine (C=N–C) groups is 1. The summed E-state index contributed by atoms with van der Waals surface area (Å²) in [6, 6.07) is 10.1. The smallest absolute Gasteiger partial charge is 0.262 e. The Balaban J connectivity index is 1.24. The van der Waals surface area contributed by atoms with Gasteiger partial charge in [0.15, 0.2) is 5.17 Å². The molecule has 0 spiro atoms. The van der Waals surface area contributed by atoms with Crippen molar-refractivity contribution in [2.45, 2.75) is 37.1 Å². The lowest BCUT2D eigenvalue weighted by Crippen LogP contribution is -2.35. The number of rotatable bonds is 5. The Bertz CT molecular complexity index is 731. The third-order valence-electron chi connectivity index (χ3n) is 5.03. The highest BCUT2D eigenvalue weighted by Gasteiger charge is 2.38. The number of hydrogen-bond acceptors (Lipinski definition) is 4. The van der Waals surface area contributed by atoms with E-state index in [1.165, 1.54) is 18.2 Å². The Hall–Kier alpha value is -2.08. The number of amidine groups is 1. The van der Waals surface area contributed by atoms with Crippen LogP contribution in [0, 0.1) is 11.8 Å². The van der Waals surface area contributed by atoms with Crippen LogP contribution < -0.4 is 10.6 Å². The highest BCUT2D eigenvalue weighted by atomic mass is 32.2. The van der Waals surface area contributed by atoms with Crippen LogP contribution in [-0.4, -0.2) is 28.3 Å². The van der Waals surface area contributed by atoms with Crippen LogP contribution in [0.4, 0.5) is 0 Å². The maximum Gasteiger partial charge on any atom is 0.262 e. The molecule has 1 saturated carbocycles. The quantitative estimate of drug-likeness (QED) is 0.795. The summed E-state index contributed by atoms with van der Waals surface area (Å²) < 4.78 is 0. The molecule has 1 aromatic rings. The topological polar surface area (TPSA) is 70.6 Å². The van der Waals surface area contributed by atoms with Crippen molar-refractivity contribution in [1.82, 2.24) is 10.6 Å². The fourth-order valence-electron chi connectivity index (χ4n) is 3.72. The Morgan fingerprint density at radius 1 is 1.20 bits per heavy atom. The van der Waals surface area contributed by atoms with Gasteiger partial charge in [0.1, 0.15) is 5.25 Å². The van der Waals surface area contributed by atoms with E-state index < -0.39 is 5.25 Å². The Morgan fingerprint density at radius 2 is 2.04 bits per heavy atom. The number of fused-ring (bicyclic) bond motifs is 2. The van der Waals surface area contributed by atoms with Crippen LogP contribution in [0.1, 0.15) is 24.8 Å². The van der Waals surface area contributed by atoms with Gasteiger partial charge in [-0.15, -0.1) is 0 Å². The minimum Gasteiger partial charge on any atom is -0.361 e. The highest BCUT2D eigenvalue weighted by Crippen LogP contribution is 2.39. The summed E-state index contributed by atoms with van der Waals surface area (Å²) in [5, 5.41) is 6.55. The van der Waals surface area contributed by atoms with Gasteiger partial charge < -0.3 is 10.6 Å². The number of allylic oxidation sites excluding steroid dienone is 1. The van der Waals surface area contributed by atoms with Crippen molar-refractivity contribution in [3.05, 3.63) is 48.0 Å². The van der Waals surface area contributed by atoms with E-state index in [4.69, 9.17) is 0 Å². The normalized spacial score (nSPS) is 29.8. The average Bonchev–Trinajstić information content (AvgIpc) is 3.31. The Labute approximate surface area is 151 Å². The second-order valence-corrected chi connectivity index (χ2v) is 8.05. The summed E-state index contributed by atoms with van der Waals surface area (Å²) >= 11 is 1.39. The van der Waals surface area contributed by atoms with E-state index in [1.54, 1.807) is 0 Å². The molecular formula is C19H21N3O2S. The number of nitrogens with zero attached hydrogens (tertiary/aromatic N) is 1. The van der Waals surface area contributed by atoms with Gasteiger partial charge in [0.2, 0.25) is 5.91 Å². The summed E-state index contributed by atoms with van der Waals surface area (Å²) in [6.45, 7) is 0.481. The molecule has 2 bridgehead atoms. The molecule has 5 nitrogen and oxygen atoms in total. The number of amides is 2. The van der Waals surface area contributed by atoms with Gasteiger partial charge in [-0.3, -0.25) is 9.59 Å². The van der Waals surface area contributed by atoms with Crippen LogP contribution in [0.15, 0.2) is 47.5 Å². The molecule has 1 heterocycles. The zero-order valence-electron chi connectivity index (χ0n) is 13.9. The van der Waals surface area contributed by atoms with Gasteiger partial charge in [-0.2, -0.15) is 4.99 Å². The van der Waals surface area contributed by atoms with E-state index in [2.05, 4.69) is 27.8 Å². The number of thioether (sulfide) groups is 1. The zero-order valence-corrected chi connectivity index (χ0v) is 14.7. The van der Waals surface area contributed by atoms with E-state index >= 15 is 0 Å². The zero-order chi connectivity index (χ0) is 17.2. The highest BCUT2D eigenvalue weighted by molar-refractivity contribution is 8.15. The van der Waals surface area contributed by atoms with Crippen molar-refractivity contribution >= 4 is 28.7 Å². The molecule has 0 radical (unpaired) electrons. The molecule has 1 aromatic carbocycles. The Morgan fingerprint density at radius 3 is 2.76 bits per heavy atom. The molecule has 2 aliphatic carbocycles. The molecule has 4 rings (SSSR count). The lowest BCUT2D eigenvalue weighted by molar-refractivity contribution is -0.124. The summed E-state index contributed by atoms with van der Waals surface area (Å²) in [5.74, 6) is 0.899. The molecule has 2 amide bonds. The van der Waals surface area contributed by atoms with E-state index in [9.17, 15) is 9.59 Å². The lowest BCUT2D eigenvalue weighted by Gasteiger charge is -2.20. The first-order valence-electron chi connectivity index (χ1n) is 8.72. The predicted molar refractivity (Wildman–Crippen MR) is 99.0 cm³/mol. The number of benzene rings is 1. The third-order valence-corrected chi connectivity index (χ3v) is 6.12. The lowest BCUT2D eigenvalue weighted by atomic mass is 10.0. The molecule has 25 heavy (non-hydrogen) atoms. The summed E-state index contributed by atoms with van der Waals surface area (Å²) in [7, 11) is 0. The summed E-state index contributed by atoms with van der Waals surface area (Å²) in [6.07, 6.45) is 7.04. The van der Waals surface area contributed by atoms with Gasteiger partial charge in [0, 0.05) is 19.0 Å². The van der Waals surface area contributed by atoms with Crippen molar-refractivity contribution < 1.29 is 9.59 Å². The average molecular weight is 355 g/mol. The second-order valence-electron chi connectivity index (χ2n) is 6.86. The number of carbonyl (C=O) groups excluding carboxylic acids is 2. The number of hydrogen-bond donors (Lipinski definition) is 2. The SMILES string of the molecule is O=C(CC1SC(NC2CC3C=CC2C3)=NC1=O)NCc1ccccc1. The fourth-order valence-corrected chi connectivity index (χ4v) is 4.74. The second kappa shape index (κ2) is 7.04. The molecular weight excluding hydrogens is 334 g/mol. The van der Waals surface area contributed by atoms with Gasteiger partial charge in [-0.1, -0.05) is 54.2 Å². The van der Waals surface area contributed by atoms with Crippen molar-refractivity contribution in [1.29, 1.82) is 0 Å². The molecule has 2 N–H and O–H groups in total. The van der Waals surface area contributed by atoms with Gasteiger partial charge in [-0.05, 0) is 30.2 Å². The molecule has 1 aliphatic heterocycles. The van der Waals surface area contributed by atoms with Crippen LogP contribution in [0.2, 0.25) is 0 Å². The van der Waals surface area contributed by atoms with E-state index in [1.807, 2.05) is 30.3 Å². The standard InChI is InChI=1S/C19H21N3O2S/c23-17(20-11-12-4-2-1-3-5-12)10-16-18(24)22-19(25-16)21-15-9-13-6-7-14(15)8-13/h1-7,13-16H,8-11H2,(H,20,23)(H,21,22,24). The molecule has 0 aromatic heterocycles. The van der Waals surface area contributed by atoms with Crippen LogP contribution in [-0.2, 0) is 16.1 Å². The molecule has 4 atom stereocenters. The van der Waals surface area contributed by atoms with Gasteiger partial charge >= 0.3 is 0 Å². The molecule has 130 valence electrons. The van der Waals surface area contributed by atoms with E-state index in [0.717, 1.165) is 12.0 Å². The van der Waals surface area contributed by atoms with Gasteiger partial charge in [0.25, 0.3) is 5.91 Å². The molecule has 0 saturated heterocycles. The Kier molecular flexibility index (Phi) is 4.61. The fraction of sp³-hybridized carbons (Fsp3) is 0.421. The molecule has 1 fully saturated rings. The number of nitrogens with one attached hydrogen (secondary N) is 2. The molecule has 4 unspecified atom stereocenters. The van der Waals surface area contributed by atoms with Gasteiger partial charge in [-0.25, -0.2) is 0 Å². The van der Waals surface area contributed by atoms with E-state index in [-0.39, 0.29) is 18.2 Å². The van der Waals surface area contributed by atoms with Crippen molar-refractivity contribution in [2.24, 2.45) is 16.8 Å². The summed E-state index contributed by atoms with van der Waals surface area (Å²) in [5.41, 5.74) is 1.05. The van der Waals surface area contributed by atoms with Crippen molar-refractivity contribution in [2.75, 3.05) is 0 Å². The predicted octanol–water partition coefficient (Wildman–Crippen LogP) is 2.25. The monoisotopic (exact) mass is 355 g/mol. The van der Waals surface area contributed by atoms with Gasteiger partial charge in [0.05, 0.1) is 0 Å².